The molecule has 1 aliphatic heterocycles. The van der Waals surface area contributed by atoms with E-state index in [1.54, 1.807) is 17.8 Å². The number of fused-ring (bicyclic) bond motifs is 2. The molecule has 1 unspecified atom stereocenters. The van der Waals surface area contributed by atoms with Crippen molar-refractivity contribution in [2.45, 2.75) is 57.2 Å². The zero-order chi connectivity index (χ0) is 28.3. The van der Waals surface area contributed by atoms with Gasteiger partial charge in [-0.15, -0.1) is 5.10 Å². The molecule has 4 aromatic heterocycles. The largest absolute Gasteiger partial charge is 0.453 e. The number of hydrogen-bond donors (Lipinski definition) is 2. The van der Waals surface area contributed by atoms with E-state index in [9.17, 15) is 26.7 Å². The van der Waals surface area contributed by atoms with Gasteiger partial charge in [0.1, 0.15) is 34.3 Å². The van der Waals surface area contributed by atoms with Crippen molar-refractivity contribution in [1.29, 1.82) is 0 Å². The number of rotatable bonds is 7. The highest BCUT2D eigenvalue weighted by Gasteiger charge is 2.57. The number of aryl methyl sites for hydroxylation is 3. The number of carbonyl (C=O) groups is 1. The van der Waals surface area contributed by atoms with Crippen molar-refractivity contribution in [1.82, 2.24) is 44.7 Å². The van der Waals surface area contributed by atoms with Crippen LogP contribution in [0.2, 0.25) is 0 Å². The molecule has 3 N–H and O–H groups in total. The quantitative estimate of drug-likeness (QED) is 0.330. The molecule has 1 aliphatic rings. The molecule has 39 heavy (non-hydrogen) atoms. The summed E-state index contributed by atoms with van der Waals surface area (Å²) >= 11 is 0. The fourth-order valence-electron chi connectivity index (χ4n) is 4.59. The summed E-state index contributed by atoms with van der Waals surface area (Å²) in [4.78, 5) is 30.4. The first-order valence-electron chi connectivity index (χ1n) is 11.9. The number of anilines is 2. The van der Waals surface area contributed by atoms with Crippen molar-refractivity contribution in [3.8, 4) is 11.5 Å². The Balaban J connectivity index is 1.62. The molecule has 0 fully saturated rings. The van der Waals surface area contributed by atoms with Gasteiger partial charge >= 0.3 is 12.1 Å². The van der Waals surface area contributed by atoms with Gasteiger partial charge in [-0.05, 0) is 13.3 Å². The Bertz CT molecular complexity index is 1600. The summed E-state index contributed by atoms with van der Waals surface area (Å²) < 4.78 is 68.2. The van der Waals surface area contributed by atoms with Crippen LogP contribution in [0.25, 0.3) is 22.6 Å². The van der Waals surface area contributed by atoms with Crippen LogP contribution in [0.1, 0.15) is 43.8 Å². The Morgan fingerprint density at radius 3 is 2.49 bits per heavy atom. The first kappa shape index (κ1) is 26.3. The minimum atomic E-state index is -5.71. The van der Waals surface area contributed by atoms with E-state index in [0.717, 1.165) is 0 Å². The van der Waals surface area contributed by atoms with E-state index < -0.39 is 36.3 Å². The molecule has 5 rings (SSSR count). The first-order chi connectivity index (χ1) is 18.3. The lowest BCUT2D eigenvalue weighted by atomic mass is 9.77. The molecule has 0 aliphatic carbocycles. The van der Waals surface area contributed by atoms with Crippen molar-refractivity contribution in [3.63, 3.8) is 0 Å². The summed E-state index contributed by atoms with van der Waals surface area (Å²) in [6, 6.07) is 0. The van der Waals surface area contributed by atoms with Gasteiger partial charge in [-0.1, -0.05) is 12.1 Å². The van der Waals surface area contributed by atoms with Crippen LogP contribution in [0.4, 0.5) is 33.6 Å². The third kappa shape index (κ3) is 4.02. The van der Waals surface area contributed by atoms with Crippen LogP contribution in [-0.4, -0.2) is 62.7 Å². The van der Waals surface area contributed by atoms with Gasteiger partial charge in [0.2, 0.25) is 5.91 Å². The Morgan fingerprint density at radius 1 is 1.10 bits per heavy atom. The number of amides is 1. The number of nitrogens with two attached hydrogens (primary N) is 1. The smallest absolute Gasteiger partial charge is 0.383 e. The minimum Gasteiger partial charge on any atom is -0.383 e. The third-order valence-electron chi connectivity index (χ3n) is 6.74. The van der Waals surface area contributed by atoms with E-state index in [-0.39, 0.29) is 41.0 Å². The predicted octanol–water partition coefficient (Wildman–Crippen LogP) is 2.79. The second-order valence-electron chi connectivity index (χ2n) is 9.02. The topological polar surface area (TPSA) is 155 Å². The molecule has 0 aromatic carbocycles. The molecule has 17 heteroatoms. The number of alkyl halides is 5. The SMILES string of the molecule is CCn1cc(C2(CC)C(=O)Nc3nc(-c4nc(CCC(F)(F)C(F)(F)F)nc5c4cnn5C)nc(N)c32)nn1. The van der Waals surface area contributed by atoms with Crippen LogP contribution in [0.5, 0.6) is 0 Å². The van der Waals surface area contributed by atoms with E-state index >= 15 is 0 Å². The van der Waals surface area contributed by atoms with Crippen LogP contribution < -0.4 is 11.1 Å². The van der Waals surface area contributed by atoms with Gasteiger partial charge in [0.25, 0.3) is 0 Å². The highest BCUT2D eigenvalue weighted by atomic mass is 19.4. The number of nitrogen functional groups attached to an aromatic ring is 1. The van der Waals surface area contributed by atoms with Crippen molar-refractivity contribution < 1.29 is 26.7 Å². The molecule has 0 radical (unpaired) electrons. The average molecular weight is 551 g/mol. The van der Waals surface area contributed by atoms with Crippen LogP contribution in [0.3, 0.4) is 0 Å². The zero-order valence-electron chi connectivity index (χ0n) is 20.9. The number of nitrogens with zero attached hydrogens (tertiary/aromatic N) is 9. The van der Waals surface area contributed by atoms with Crippen LogP contribution in [0, 0.1) is 0 Å². The lowest BCUT2D eigenvalue weighted by molar-refractivity contribution is -0.284. The minimum absolute atomic E-state index is 0.00750. The average Bonchev–Trinajstić information content (AvgIpc) is 3.57. The van der Waals surface area contributed by atoms with Gasteiger partial charge in [0.15, 0.2) is 11.5 Å². The summed E-state index contributed by atoms with van der Waals surface area (Å²) in [6.45, 7) is 4.17. The standard InChI is InChI=1S/C22H22F5N11O/c1-4-20(11-9-38(5-2)36-35-11)13-15(28)32-17(33-16(13)34-19(20)39)14-10-8-29-37(3)18(10)31-12(30-14)6-7-21(23,24)22(25,26)27/h8-9H,4-7H2,1-3H3,(H3,28,32,33,34,39). The highest BCUT2D eigenvalue weighted by Crippen LogP contribution is 2.47. The molecule has 206 valence electrons. The predicted molar refractivity (Wildman–Crippen MR) is 126 cm³/mol. The van der Waals surface area contributed by atoms with E-state index in [4.69, 9.17) is 5.73 Å². The summed E-state index contributed by atoms with van der Waals surface area (Å²) in [5.41, 5.74) is 5.88. The summed E-state index contributed by atoms with van der Waals surface area (Å²) in [5, 5.41) is 15.3. The molecule has 4 aromatic rings. The molecule has 1 atom stereocenters. The first-order valence-corrected chi connectivity index (χ1v) is 11.9. The van der Waals surface area contributed by atoms with E-state index in [0.29, 0.717) is 23.2 Å². The van der Waals surface area contributed by atoms with E-state index in [2.05, 4.69) is 40.7 Å². The normalized spacial score (nSPS) is 17.6. The summed E-state index contributed by atoms with van der Waals surface area (Å²) in [5.74, 6) is -5.74. The maximum atomic E-state index is 13.6. The van der Waals surface area contributed by atoms with Crippen molar-refractivity contribution >= 4 is 28.6 Å². The van der Waals surface area contributed by atoms with Gasteiger partial charge in [0, 0.05) is 32.6 Å². The molecule has 0 bridgehead atoms. The Morgan fingerprint density at radius 2 is 1.85 bits per heavy atom. The number of nitrogens with one attached hydrogen (secondary N) is 1. The van der Waals surface area contributed by atoms with Crippen LogP contribution in [0.15, 0.2) is 12.4 Å². The van der Waals surface area contributed by atoms with E-state index in [1.165, 1.54) is 17.9 Å². The molecular weight excluding hydrogens is 529 g/mol. The Labute approximate surface area is 216 Å². The molecule has 12 nitrogen and oxygen atoms in total. The molecule has 1 amide bonds. The second kappa shape index (κ2) is 8.88. The van der Waals surface area contributed by atoms with Gasteiger partial charge in [-0.3, -0.25) is 14.2 Å². The van der Waals surface area contributed by atoms with Gasteiger partial charge in [0.05, 0.1) is 17.1 Å². The Hall–Kier alpha value is -4.31. The maximum absolute atomic E-state index is 13.6. The summed E-state index contributed by atoms with van der Waals surface area (Å²) in [7, 11) is 1.52. The van der Waals surface area contributed by atoms with Crippen LogP contribution in [-0.2, 0) is 30.2 Å². The zero-order valence-corrected chi connectivity index (χ0v) is 20.9. The number of halogens is 5. The highest BCUT2D eigenvalue weighted by molar-refractivity contribution is 6.09. The van der Waals surface area contributed by atoms with Gasteiger partial charge in [-0.25, -0.2) is 19.9 Å². The van der Waals surface area contributed by atoms with Crippen molar-refractivity contribution in [3.05, 3.63) is 29.5 Å². The molecule has 0 spiro atoms. The molecular formula is C22H22F5N11O. The number of aromatic nitrogens is 9. The van der Waals surface area contributed by atoms with Gasteiger partial charge < -0.3 is 11.1 Å². The number of hydrogen-bond acceptors (Lipinski definition) is 9. The van der Waals surface area contributed by atoms with Crippen LogP contribution >= 0.6 is 0 Å². The maximum Gasteiger partial charge on any atom is 0.453 e. The monoisotopic (exact) mass is 551 g/mol. The lowest BCUT2D eigenvalue weighted by Gasteiger charge is -2.23. The molecule has 5 heterocycles. The summed E-state index contributed by atoms with van der Waals surface area (Å²) in [6.07, 6.45) is -4.78. The van der Waals surface area contributed by atoms with E-state index in [1.807, 2.05) is 6.92 Å². The van der Waals surface area contributed by atoms with Crippen molar-refractivity contribution in [2.75, 3.05) is 11.1 Å². The fourth-order valence-corrected chi connectivity index (χ4v) is 4.59. The third-order valence-corrected chi connectivity index (χ3v) is 6.74. The van der Waals surface area contributed by atoms with Gasteiger partial charge in [-0.2, -0.15) is 27.1 Å². The molecule has 0 saturated heterocycles. The lowest BCUT2D eigenvalue weighted by Crippen LogP contribution is -2.36. The van der Waals surface area contributed by atoms with Crippen molar-refractivity contribution in [2.24, 2.45) is 7.05 Å². The second-order valence-corrected chi connectivity index (χ2v) is 9.02. The molecule has 0 saturated carbocycles. The number of carbonyl (C=O) groups excluding carboxylic acids is 1. The fraction of sp³-hybridized carbons (Fsp3) is 0.455. The Kier molecular flexibility index (Phi) is 5.99.